The summed E-state index contributed by atoms with van der Waals surface area (Å²) in [6.07, 6.45) is 0. The summed E-state index contributed by atoms with van der Waals surface area (Å²) in [5, 5.41) is 10.2. The molecule has 3 rings (SSSR count). The molecule has 134 valence electrons. The fraction of sp³-hybridized carbons (Fsp3) is 0.222. The third-order valence-corrected chi connectivity index (χ3v) is 4.13. The first kappa shape index (κ1) is 17.9. The Kier molecular flexibility index (Phi) is 4.90. The highest BCUT2D eigenvalue weighted by Gasteiger charge is 2.19. The van der Waals surface area contributed by atoms with Crippen molar-refractivity contribution in [3.8, 4) is 0 Å². The van der Waals surface area contributed by atoms with E-state index in [9.17, 15) is 9.59 Å². The molecule has 0 aliphatic heterocycles. The van der Waals surface area contributed by atoms with Crippen LogP contribution in [0.1, 0.15) is 39.0 Å². The molecule has 0 saturated heterocycles. The van der Waals surface area contributed by atoms with Gasteiger partial charge in [-0.15, -0.1) is 0 Å². The van der Waals surface area contributed by atoms with Crippen LogP contribution in [0.5, 0.6) is 0 Å². The Morgan fingerprint density at radius 1 is 1.15 bits per heavy atom. The van der Waals surface area contributed by atoms with Gasteiger partial charge in [0.2, 0.25) is 0 Å². The number of amides is 2. The molecule has 0 fully saturated rings. The molecule has 8 heteroatoms. The summed E-state index contributed by atoms with van der Waals surface area (Å²) in [5.74, 6) is -0.651. The lowest BCUT2D eigenvalue weighted by atomic mass is 10.1. The number of anilines is 1. The standard InChI is InChI=1S/C18H17ClN4O3/c1-4-20-16(24)12-8-11(5-6-14(12)19)22-17(25)13-7-9(2)21-18-15(13)10(3)23-26-18/h5-8H,4H2,1-3H3,(H,20,24)(H,22,25). The first-order valence-corrected chi connectivity index (χ1v) is 8.41. The van der Waals surface area contributed by atoms with Crippen molar-refractivity contribution in [1.29, 1.82) is 0 Å². The summed E-state index contributed by atoms with van der Waals surface area (Å²) < 4.78 is 5.15. The Morgan fingerprint density at radius 3 is 2.65 bits per heavy atom. The number of carbonyl (C=O) groups excluding carboxylic acids is 2. The van der Waals surface area contributed by atoms with Crippen LogP contribution < -0.4 is 10.6 Å². The topological polar surface area (TPSA) is 97.1 Å². The monoisotopic (exact) mass is 372 g/mol. The van der Waals surface area contributed by atoms with Gasteiger partial charge in [-0.3, -0.25) is 9.59 Å². The molecule has 3 aromatic rings. The fourth-order valence-electron chi connectivity index (χ4n) is 2.63. The van der Waals surface area contributed by atoms with Gasteiger partial charge in [0.1, 0.15) is 0 Å². The van der Waals surface area contributed by atoms with E-state index in [4.69, 9.17) is 16.1 Å². The van der Waals surface area contributed by atoms with Crippen LogP contribution in [-0.2, 0) is 0 Å². The minimum Gasteiger partial charge on any atom is -0.352 e. The van der Waals surface area contributed by atoms with E-state index < -0.39 is 0 Å². The molecule has 0 radical (unpaired) electrons. The number of aryl methyl sites for hydroxylation is 2. The van der Waals surface area contributed by atoms with Crippen LogP contribution in [-0.4, -0.2) is 28.5 Å². The number of carbonyl (C=O) groups is 2. The number of fused-ring (bicyclic) bond motifs is 1. The van der Waals surface area contributed by atoms with E-state index in [1.54, 1.807) is 32.0 Å². The van der Waals surface area contributed by atoms with E-state index in [-0.39, 0.29) is 11.8 Å². The molecule has 2 amide bonds. The zero-order valence-corrected chi connectivity index (χ0v) is 15.3. The zero-order chi connectivity index (χ0) is 18.8. The van der Waals surface area contributed by atoms with Crippen molar-refractivity contribution in [3.63, 3.8) is 0 Å². The van der Waals surface area contributed by atoms with Gasteiger partial charge < -0.3 is 15.2 Å². The lowest BCUT2D eigenvalue weighted by Crippen LogP contribution is -2.23. The summed E-state index contributed by atoms with van der Waals surface area (Å²) in [6.45, 7) is 5.81. The number of nitrogens with one attached hydrogen (secondary N) is 2. The minimum absolute atomic E-state index is 0.295. The van der Waals surface area contributed by atoms with Crippen LogP contribution in [0.2, 0.25) is 5.02 Å². The summed E-state index contributed by atoms with van der Waals surface area (Å²) >= 11 is 6.08. The average Bonchev–Trinajstić information content (AvgIpc) is 2.96. The van der Waals surface area contributed by atoms with Crippen molar-refractivity contribution in [2.75, 3.05) is 11.9 Å². The van der Waals surface area contributed by atoms with Crippen molar-refractivity contribution in [2.24, 2.45) is 0 Å². The van der Waals surface area contributed by atoms with E-state index in [1.165, 1.54) is 6.07 Å². The van der Waals surface area contributed by atoms with Gasteiger partial charge in [-0.2, -0.15) is 0 Å². The van der Waals surface area contributed by atoms with E-state index in [2.05, 4.69) is 20.8 Å². The lowest BCUT2D eigenvalue weighted by Gasteiger charge is -2.10. The van der Waals surface area contributed by atoms with Gasteiger partial charge in [0.15, 0.2) is 0 Å². The first-order valence-electron chi connectivity index (χ1n) is 8.03. The quantitative estimate of drug-likeness (QED) is 0.730. The van der Waals surface area contributed by atoms with Gasteiger partial charge in [-0.05, 0) is 45.0 Å². The normalized spacial score (nSPS) is 10.8. The number of rotatable bonds is 4. The maximum Gasteiger partial charge on any atom is 0.258 e. The number of nitrogens with zero attached hydrogens (tertiary/aromatic N) is 2. The Labute approximate surface area is 154 Å². The molecule has 0 bridgehead atoms. The molecule has 0 atom stereocenters. The summed E-state index contributed by atoms with van der Waals surface area (Å²) in [6, 6.07) is 6.41. The van der Waals surface area contributed by atoms with Crippen LogP contribution in [0, 0.1) is 13.8 Å². The third kappa shape index (κ3) is 3.39. The molecule has 7 nitrogen and oxygen atoms in total. The summed E-state index contributed by atoms with van der Waals surface area (Å²) in [5.41, 5.74) is 2.68. The third-order valence-electron chi connectivity index (χ3n) is 3.80. The van der Waals surface area contributed by atoms with Gasteiger partial charge in [-0.1, -0.05) is 16.8 Å². The maximum atomic E-state index is 12.8. The van der Waals surface area contributed by atoms with Crippen LogP contribution in [0.3, 0.4) is 0 Å². The smallest absolute Gasteiger partial charge is 0.258 e. The van der Waals surface area contributed by atoms with Crippen molar-refractivity contribution < 1.29 is 14.1 Å². The van der Waals surface area contributed by atoms with Crippen LogP contribution >= 0.6 is 11.6 Å². The van der Waals surface area contributed by atoms with Crippen molar-refractivity contribution >= 4 is 40.2 Å². The zero-order valence-electron chi connectivity index (χ0n) is 14.5. The highest BCUT2D eigenvalue weighted by molar-refractivity contribution is 6.34. The molecule has 0 saturated carbocycles. The van der Waals surface area contributed by atoms with Gasteiger partial charge >= 0.3 is 0 Å². The van der Waals surface area contributed by atoms with Gasteiger partial charge in [0, 0.05) is 17.9 Å². The van der Waals surface area contributed by atoms with Gasteiger partial charge in [0.05, 0.1) is 27.2 Å². The van der Waals surface area contributed by atoms with Gasteiger partial charge in [-0.25, -0.2) is 4.98 Å². The Morgan fingerprint density at radius 2 is 1.92 bits per heavy atom. The highest BCUT2D eigenvalue weighted by atomic mass is 35.5. The van der Waals surface area contributed by atoms with E-state index in [0.717, 1.165) is 0 Å². The molecule has 2 N–H and O–H groups in total. The average molecular weight is 373 g/mol. The Bertz CT molecular complexity index is 1010. The van der Waals surface area contributed by atoms with E-state index in [1.807, 2.05) is 6.92 Å². The molecule has 1 aromatic carbocycles. The predicted octanol–water partition coefficient (Wildman–Crippen LogP) is 3.50. The number of benzene rings is 1. The minimum atomic E-state index is -0.351. The number of aromatic nitrogens is 2. The number of hydrogen-bond donors (Lipinski definition) is 2. The largest absolute Gasteiger partial charge is 0.352 e. The second-order valence-corrected chi connectivity index (χ2v) is 6.17. The van der Waals surface area contributed by atoms with Crippen molar-refractivity contribution in [1.82, 2.24) is 15.5 Å². The molecule has 0 aliphatic carbocycles. The van der Waals surface area contributed by atoms with E-state index in [0.29, 0.717) is 50.9 Å². The molecule has 0 spiro atoms. The fourth-order valence-corrected chi connectivity index (χ4v) is 2.83. The second kappa shape index (κ2) is 7.13. The van der Waals surface area contributed by atoms with Crippen LogP contribution in [0.4, 0.5) is 5.69 Å². The molecule has 0 unspecified atom stereocenters. The van der Waals surface area contributed by atoms with Crippen LogP contribution in [0.15, 0.2) is 28.8 Å². The molecule has 2 heterocycles. The number of halogens is 1. The Hall–Kier alpha value is -2.93. The lowest BCUT2D eigenvalue weighted by molar-refractivity contribution is 0.0954. The predicted molar refractivity (Wildman–Crippen MR) is 98.7 cm³/mol. The van der Waals surface area contributed by atoms with Gasteiger partial charge in [0.25, 0.3) is 17.5 Å². The number of hydrogen-bond acceptors (Lipinski definition) is 5. The SMILES string of the molecule is CCNC(=O)c1cc(NC(=O)c2cc(C)nc3onc(C)c23)ccc1Cl. The maximum absolute atomic E-state index is 12.8. The summed E-state index contributed by atoms with van der Waals surface area (Å²) in [4.78, 5) is 29.1. The van der Waals surface area contributed by atoms with Crippen molar-refractivity contribution in [3.05, 3.63) is 51.8 Å². The highest BCUT2D eigenvalue weighted by Crippen LogP contribution is 2.24. The molecular weight excluding hydrogens is 356 g/mol. The Balaban J connectivity index is 1.95. The summed E-state index contributed by atoms with van der Waals surface area (Å²) in [7, 11) is 0. The molecule has 2 aromatic heterocycles. The first-order chi connectivity index (χ1) is 12.4. The number of pyridine rings is 1. The molecule has 0 aliphatic rings. The van der Waals surface area contributed by atoms with Crippen molar-refractivity contribution in [2.45, 2.75) is 20.8 Å². The molecule has 26 heavy (non-hydrogen) atoms. The van der Waals surface area contributed by atoms with Crippen LogP contribution in [0.25, 0.3) is 11.1 Å². The van der Waals surface area contributed by atoms with E-state index >= 15 is 0 Å². The molecular formula is C18H17ClN4O3. The second-order valence-electron chi connectivity index (χ2n) is 5.77.